The lowest BCUT2D eigenvalue weighted by Gasteiger charge is -2.33. The van der Waals surface area contributed by atoms with Gasteiger partial charge in [-0.05, 0) is 6.92 Å². The first-order chi connectivity index (χ1) is 10.7. The van der Waals surface area contributed by atoms with Gasteiger partial charge in [-0.3, -0.25) is 0 Å². The Morgan fingerprint density at radius 2 is 2.05 bits per heavy atom. The molecule has 4 nitrogen and oxygen atoms in total. The zero-order valence-corrected chi connectivity index (χ0v) is 13.6. The molecule has 2 heterocycles. The molecule has 0 saturated carbocycles. The molecule has 1 aromatic heterocycles. The largest absolute Gasteiger partial charge is 0.388 e. The van der Waals surface area contributed by atoms with Crippen molar-refractivity contribution in [2.24, 2.45) is 0 Å². The van der Waals surface area contributed by atoms with Crippen LogP contribution in [0.2, 0.25) is 0 Å². The average molecular weight is 318 g/mol. The highest BCUT2D eigenvalue weighted by Gasteiger charge is 2.30. The van der Waals surface area contributed by atoms with Crippen molar-refractivity contribution in [3.8, 4) is 11.3 Å². The van der Waals surface area contributed by atoms with Crippen molar-refractivity contribution in [1.29, 1.82) is 0 Å². The van der Waals surface area contributed by atoms with Crippen LogP contribution in [0.15, 0.2) is 35.7 Å². The molecule has 1 aliphatic heterocycles. The molecule has 0 spiro atoms. The Labute approximate surface area is 135 Å². The van der Waals surface area contributed by atoms with Crippen molar-refractivity contribution in [2.75, 3.05) is 19.8 Å². The fourth-order valence-corrected chi connectivity index (χ4v) is 3.45. The van der Waals surface area contributed by atoms with Gasteiger partial charge in [-0.2, -0.15) is 0 Å². The summed E-state index contributed by atoms with van der Waals surface area (Å²) in [7, 11) is 0. The minimum Gasteiger partial charge on any atom is -0.388 e. The molecule has 2 N–H and O–H groups in total. The van der Waals surface area contributed by atoms with Gasteiger partial charge in [0.05, 0.1) is 17.3 Å². The molecule has 118 valence electrons. The van der Waals surface area contributed by atoms with E-state index in [1.807, 2.05) is 18.2 Å². The maximum absolute atomic E-state index is 10.5. The van der Waals surface area contributed by atoms with Gasteiger partial charge in [0.25, 0.3) is 0 Å². The molecule has 1 atom stereocenters. The Morgan fingerprint density at radius 3 is 2.77 bits per heavy atom. The smallest absolute Gasteiger partial charge is 0.110 e. The lowest BCUT2D eigenvalue weighted by molar-refractivity contribution is -0.0626. The lowest BCUT2D eigenvalue weighted by atomic mass is 9.94. The summed E-state index contributed by atoms with van der Waals surface area (Å²) < 4.78 is 5.31. The minimum atomic E-state index is -0.647. The SMILES string of the molecule is CC(NCC1(O)CCOCC1)c1nc(-c2ccccc2)cs1. The second-order valence-corrected chi connectivity index (χ2v) is 6.77. The summed E-state index contributed by atoms with van der Waals surface area (Å²) in [6.07, 6.45) is 1.39. The van der Waals surface area contributed by atoms with Crippen LogP contribution in [0.25, 0.3) is 11.3 Å². The molecule has 3 rings (SSSR count). The van der Waals surface area contributed by atoms with Crippen molar-refractivity contribution in [1.82, 2.24) is 10.3 Å². The van der Waals surface area contributed by atoms with Crippen molar-refractivity contribution < 1.29 is 9.84 Å². The van der Waals surface area contributed by atoms with Gasteiger partial charge in [-0.25, -0.2) is 4.98 Å². The summed E-state index contributed by atoms with van der Waals surface area (Å²) in [5.74, 6) is 0. The quantitative estimate of drug-likeness (QED) is 0.890. The summed E-state index contributed by atoms with van der Waals surface area (Å²) in [5, 5.41) is 17.0. The number of ether oxygens (including phenoxy) is 1. The van der Waals surface area contributed by atoms with Crippen LogP contribution in [0.5, 0.6) is 0 Å². The van der Waals surface area contributed by atoms with Crippen LogP contribution in [0.1, 0.15) is 30.8 Å². The Bertz CT molecular complexity index is 594. The maximum atomic E-state index is 10.5. The Kier molecular flexibility index (Phi) is 4.88. The van der Waals surface area contributed by atoms with Crippen LogP contribution < -0.4 is 5.32 Å². The van der Waals surface area contributed by atoms with Crippen LogP contribution in [0, 0.1) is 0 Å². The average Bonchev–Trinajstić information content (AvgIpc) is 3.04. The molecule has 2 aromatic rings. The van der Waals surface area contributed by atoms with E-state index in [9.17, 15) is 5.11 Å². The zero-order chi connectivity index (χ0) is 15.4. The van der Waals surface area contributed by atoms with Gasteiger partial charge in [0.1, 0.15) is 5.01 Å². The van der Waals surface area contributed by atoms with Crippen LogP contribution >= 0.6 is 11.3 Å². The molecule has 1 fully saturated rings. The predicted octanol–water partition coefficient (Wildman–Crippen LogP) is 3.00. The highest BCUT2D eigenvalue weighted by Crippen LogP contribution is 2.26. The standard InChI is InChI=1S/C17H22N2O2S/c1-13(18-12-17(20)7-9-21-10-8-17)16-19-15(11-22-16)14-5-3-2-4-6-14/h2-6,11,13,18,20H,7-10,12H2,1H3. The molecule has 1 unspecified atom stereocenters. The first kappa shape index (κ1) is 15.6. The Hall–Kier alpha value is -1.27. The van der Waals surface area contributed by atoms with E-state index in [0.717, 1.165) is 16.3 Å². The van der Waals surface area contributed by atoms with Crippen molar-refractivity contribution in [3.63, 3.8) is 0 Å². The first-order valence-electron chi connectivity index (χ1n) is 7.71. The molecule has 0 radical (unpaired) electrons. The van der Waals surface area contributed by atoms with E-state index in [2.05, 4.69) is 29.8 Å². The van der Waals surface area contributed by atoms with Crippen molar-refractivity contribution in [2.45, 2.75) is 31.4 Å². The third kappa shape index (κ3) is 3.73. The number of aliphatic hydroxyl groups is 1. The molecular formula is C17H22N2O2S. The number of benzene rings is 1. The number of hydrogen-bond acceptors (Lipinski definition) is 5. The molecule has 1 saturated heterocycles. The highest BCUT2D eigenvalue weighted by molar-refractivity contribution is 7.10. The molecule has 1 aliphatic rings. The van der Waals surface area contributed by atoms with Crippen LogP contribution in [-0.2, 0) is 4.74 Å². The molecule has 22 heavy (non-hydrogen) atoms. The fourth-order valence-electron chi connectivity index (χ4n) is 2.59. The number of hydrogen-bond donors (Lipinski definition) is 2. The second-order valence-electron chi connectivity index (χ2n) is 5.88. The highest BCUT2D eigenvalue weighted by atomic mass is 32.1. The molecule has 5 heteroatoms. The summed E-state index contributed by atoms with van der Waals surface area (Å²) in [4.78, 5) is 4.72. The lowest BCUT2D eigenvalue weighted by Crippen LogP contribution is -2.45. The number of aromatic nitrogens is 1. The van der Waals surface area contributed by atoms with E-state index in [0.29, 0.717) is 32.6 Å². The van der Waals surface area contributed by atoms with E-state index in [1.165, 1.54) is 0 Å². The summed E-state index contributed by atoms with van der Waals surface area (Å²) in [6.45, 7) is 3.96. The van der Waals surface area contributed by atoms with Gasteiger partial charge in [-0.1, -0.05) is 30.3 Å². The molecule has 0 bridgehead atoms. The van der Waals surface area contributed by atoms with Gasteiger partial charge < -0.3 is 15.2 Å². The molecule has 0 aliphatic carbocycles. The molecule has 1 aromatic carbocycles. The molecule has 0 amide bonds. The van der Waals surface area contributed by atoms with E-state index >= 15 is 0 Å². The molecular weight excluding hydrogens is 296 g/mol. The van der Waals surface area contributed by atoms with Crippen LogP contribution in [0.3, 0.4) is 0 Å². The van der Waals surface area contributed by atoms with Gasteiger partial charge in [-0.15, -0.1) is 11.3 Å². The zero-order valence-electron chi connectivity index (χ0n) is 12.8. The fraction of sp³-hybridized carbons (Fsp3) is 0.471. The summed E-state index contributed by atoms with van der Waals surface area (Å²) in [5.41, 5.74) is 1.51. The van der Waals surface area contributed by atoms with Crippen molar-refractivity contribution in [3.05, 3.63) is 40.7 Å². The first-order valence-corrected chi connectivity index (χ1v) is 8.59. The number of thiazole rings is 1. The number of nitrogens with zero attached hydrogens (tertiary/aromatic N) is 1. The van der Waals surface area contributed by atoms with E-state index in [4.69, 9.17) is 9.72 Å². The Morgan fingerprint density at radius 1 is 1.32 bits per heavy atom. The monoisotopic (exact) mass is 318 g/mol. The number of rotatable bonds is 5. The summed E-state index contributed by atoms with van der Waals surface area (Å²) >= 11 is 1.66. The topological polar surface area (TPSA) is 54.4 Å². The second kappa shape index (κ2) is 6.87. The van der Waals surface area contributed by atoms with Crippen molar-refractivity contribution >= 4 is 11.3 Å². The van der Waals surface area contributed by atoms with Gasteiger partial charge in [0.2, 0.25) is 0 Å². The van der Waals surface area contributed by atoms with E-state index in [1.54, 1.807) is 11.3 Å². The van der Waals surface area contributed by atoms with E-state index in [-0.39, 0.29) is 6.04 Å². The van der Waals surface area contributed by atoms with Crippen LogP contribution in [0.4, 0.5) is 0 Å². The Balaban J connectivity index is 1.61. The number of nitrogens with one attached hydrogen (secondary N) is 1. The third-order valence-corrected chi connectivity index (χ3v) is 5.15. The van der Waals surface area contributed by atoms with E-state index < -0.39 is 5.60 Å². The minimum absolute atomic E-state index is 0.134. The van der Waals surface area contributed by atoms with Gasteiger partial charge in [0.15, 0.2) is 0 Å². The predicted molar refractivity (Wildman–Crippen MR) is 89.0 cm³/mol. The van der Waals surface area contributed by atoms with Gasteiger partial charge >= 0.3 is 0 Å². The maximum Gasteiger partial charge on any atom is 0.110 e. The summed E-state index contributed by atoms with van der Waals surface area (Å²) in [6, 6.07) is 10.3. The normalized spacial score (nSPS) is 19.0. The third-order valence-electron chi connectivity index (χ3n) is 4.12. The van der Waals surface area contributed by atoms with Crippen LogP contribution in [-0.4, -0.2) is 35.5 Å². The van der Waals surface area contributed by atoms with Gasteiger partial charge in [0, 0.05) is 43.5 Å².